The molecule has 0 amide bonds. The molecular weight excluding hydrogens is 294 g/mol. The van der Waals surface area contributed by atoms with Crippen molar-refractivity contribution in [1.29, 1.82) is 0 Å². The molecule has 0 radical (unpaired) electrons. The van der Waals surface area contributed by atoms with Crippen LogP contribution >= 0.6 is 8.25 Å². The van der Waals surface area contributed by atoms with Crippen molar-refractivity contribution in [3.63, 3.8) is 0 Å². The molecular formula is C11H17FO5PS+. The normalized spacial score (nSPS) is 10.5. The Hall–Kier alpha value is -0.880. The highest BCUT2D eigenvalue weighted by atomic mass is 32.2. The van der Waals surface area contributed by atoms with E-state index in [2.05, 4.69) is 9.05 Å². The van der Waals surface area contributed by atoms with Crippen LogP contribution < -0.4 is 0 Å². The fraction of sp³-hybridized carbons (Fsp3) is 0.455. The summed E-state index contributed by atoms with van der Waals surface area (Å²) in [5.74, 6) is 0. The van der Waals surface area contributed by atoms with E-state index in [0.717, 1.165) is 0 Å². The van der Waals surface area contributed by atoms with Crippen LogP contribution in [-0.2, 0) is 23.4 Å². The summed E-state index contributed by atoms with van der Waals surface area (Å²) in [6.45, 7) is 4.42. The highest BCUT2D eigenvalue weighted by Crippen LogP contribution is 2.21. The Kier molecular flexibility index (Phi) is 9.51. The number of halogens is 1. The minimum atomic E-state index is -3.66. The van der Waals surface area contributed by atoms with Crippen molar-refractivity contribution in [1.82, 2.24) is 0 Å². The monoisotopic (exact) mass is 311 g/mol. The van der Waals surface area contributed by atoms with Crippen molar-refractivity contribution in [3.8, 4) is 0 Å². The second kappa shape index (κ2) is 9.97. The van der Waals surface area contributed by atoms with E-state index in [-0.39, 0.29) is 4.90 Å². The first-order chi connectivity index (χ1) is 8.97. The van der Waals surface area contributed by atoms with Gasteiger partial charge in [-0.25, -0.2) is 12.8 Å². The number of rotatable bonds is 6. The van der Waals surface area contributed by atoms with E-state index in [4.69, 9.17) is 0 Å². The first kappa shape index (κ1) is 18.1. The van der Waals surface area contributed by atoms with Gasteiger partial charge >= 0.3 is 8.25 Å². The van der Waals surface area contributed by atoms with E-state index < -0.39 is 24.1 Å². The lowest BCUT2D eigenvalue weighted by atomic mass is 10.4. The molecule has 0 heterocycles. The van der Waals surface area contributed by atoms with E-state index in [9.17, 15) is 17.4 Å². The Bertz CT molecular complexity index is 455. The molecule has 19 heavy (non-hydrogen) atoms. The molecule has 1 aromatic rings. The molecule has 0 saturated heterocycles. The molecule has 0 atom stereocenters. The fourth-order valence-electron chi connectivity index (χ4n) is 0.939. The van der Waals surface area contributed by atoms with Gasteiger partial charge < -0.3 is 0 Å². The number of benzene rings is 1. The van der Waals surface area contributed by atoms with Crippen LogP contribution in [0.4, 0.5) is 4.39 Å². The van der Waals surface area contributed by atoms with Gasteiger partial charge in [-0.05, 0) is 26.0 Å². The van der Waals surface area contributed by atoms with Crippen molar-refractivity contribution >= 4 is 18.1 Å². The molecule has 0 aliphatic carbocycles. The van der Waals surface area contributed by atoms with Crippen LogP contribution in [0.2, 0.25) is 0 Å². The highest BCUT2D eigenvalue weighted by molar-refractivity contribution is 7.91. The maximum Gasteiger partial charge on any atom is 0.697 e. The van der Waals surface area contributed by atoms with Crippen LogP contribution in [0.15, 0.2) is 35.2 Å². The van der Waals surface area contributed by atoms with Crippen LogP contribution in [-0.4, -0.2) is 27.6 Å². The lowest BCUT2D eigenvalue weighted by Gasteiger charge is -1.96. The van der Waals surface area contributed by atoms with Gasteiger partial charge in [0.1, 0.15) is 13.2 Å². The first-order valence-electron chi connectivity index (χ1n) is 5.54. The van der Waals surface area contributed by atoms with Gasteiger partial charge in [0.05, 0.1) is 4.90 Å². The molecule has 0 N–H and O–H groups in total. The van der Waals surface area contributed by atoms with Crippen molar-refractivity contribution in [2.24, 2.45) is 0 Å². The maximum absolute atomic E-state index is 11.9. The lowest BCUT2D eigenvalue weighted by molar-refractivity contribution is 0.243. The molecule has 1 aromatic carbocycles. The quantitative estimate of drug-likeness (QED) is 0.755. The summed E-state index contributed by atoms with van der Waals surface area (Å²) in [5, 5.41) is 0. The molecule has 0 saturated carbocycles. The van der Waals surface area contributed by atoms with Crippen LogP contribution in [0.25, 0.3) is 0 Å². The summed E-state index contributed by atoms with van der Waals surface area (Å²) in [6, 6.07) is 6.20. The average molecular weight is 311 g/mol. The predicted octanol–water partition coefficient (Wildman–Crippen LogP) is 3.10. The molecule has 0 fully saturated rings. The molecule has 8 heteroatoms. The Balaban J connectivity index is 0.000000362. The second-order valence-electron chi connectivity index (χ2n) is 3.10. The summed E-state index contributed by atoms with van der Waals surface area (Å²) in [4.78, 5) is 0.0301. The number of hydrogen-bond donors (Lipinski definition) is 0. The summed E-state index contributed by atoms with van der Waals surface area (Å²) < 4.78 is 53.0. The zero-order chi connectivity index (χ0) is 14.7. The molecule has 0 spiro atoms. The third-order valence-electron chi connectivity index (χ3n) is 1.71. The van der Waals surface area contributed by atoms with Gasteiger partial charge in [-0.2, -0.15) is 0 Å². The zero-order valence-corrected chi connectivity index (χ0v) is 12.5. The molecule has 5 nitrogen and oxygen atoms in total. The van der Waals surface area contributed by atoms with E-state index >= 15 is 0 Å². The smallest absolute Gasteiger partial charge is 0.233 e. The van der Waals surface area contributed by atoms with Gasteiger partial charge in [0.25, 0.3) is 0 Å². The summed E-state index contributed by atoms with van der Waals surface area (Å²) in [6.07, 6.45) is 0. The van der Waals surface area contributed by atoms with Crippen molar-refractivity contribution < 1.29 is 26.4 Å². The molecule has 0 aliphatic heterocycles. The number of sulfone groups is 1. The standard InChI is InChI=1S/C7H7FO2S.C4H10O3P/c8-6-11(9,10)7-4-2-1-3-5-7;1-3-6-8(5)7-4-2/h1-5H,6H2;3-4H2,1-2H3/q;+1. The van der Waals surface area contributed by atoms with Crippen LogP contribution in [0.1, 0.15) is 13.8 Å². The number of alkyl halides is 1. The Morgan fingerprint density at radius 1 is 1.11 bits per heavy atom. The summed E-state index contributed by atoms with van der Waals surface area (Å²) >= 11 is 0. The summed E-state index contributed by atoms with van der Waals surface area (Å²) in [5.41, 5.74) is 0. The fourth-order valence-corrected chi connectivity index (χ4v) is 2.13. The molecule has 108 valence electrons. The van der Waals surface area contributed by atoms with Gasteiger partial charge in [-0.15, -0.1) is 9.05 Å². The molecule has 0 bridgehead atoms. The van der Waals surface area contributed by atoms with Crippen molar-refractivity contribution in [2.45, 2.75) is 18.7 Å². The van der Waals surface area contributed by atoms with E-state index in [1.165, 1.54) is 12.1 Å². The van der Waals surface area contributed by atoms with Gasteiger partial charge in [0.15, 0.2) is 6.01 Å². The van der Waals surface area contributed by atoms with Crippen LogP contribution in [0, 0.1) is 0 Å². The van der Waals surface area contributed by atoms with E-state index in [0.29, 0.717) is 13.2 Å². The third kappa shape index (κ3) is 8.00. The van der Waals surface area contributed by atoms with Crippen molar-refractivity contribution in [2.75, 3.05) is 19.2 Å². The topological polar surface area (TPSA) is 69.7 Å². The minimum Gasteiger partial charge on any atom is -0.233 e. The third-order valence-corrected chi connectivity index (χ3v) is 3.93. The highest BCUT2D eigenvalue weighted by Gasteiger charge is 2.15. The Morgan fingerprint density at radius 3 is 1.95 bits per heavy atom. The summed E-state index contributed by atoms with van der Waals surface area (Å²) in [7, 11) is -5.50. The Morgan fingerprint density at radius 2 is 1.58 bits per heavy atom. The van der Waals surface area contributed by atoms with Crippen LogP contribution in [0.3, 0.4) is 0 Å². The van der Waals surface area contributed by atoms with Gasteiger partial charge in [0.2, 0.25) is 9.84 Å². The van der Waals surface area contributed by atoms with Gasteiger partial charge in [-0.1, -0.05) is 18.2 Å². The SMILES string of the molecule is CCO[P+](=O)OCC.O=S(=O)(CF)c1ccccc1. The average Bonchev–Trinajstić information content (AvgIpc) is 2.41. The van der Waals surface area contributed by atoms with Gasteiger partial charge in [-0.3, -0.25) is 0 Å². The van der Waals surface area contributed by atoms with Gasteiger partial charge in [0, 0.05) is 4.57 Å². The molecule has 1 rings (SSSR count). The second-order valence-corrected chi connectivity index (χ2v) is 5.98. The zero-order valence-electron chi connectivity index (χ0n) is 10.8. The largest absolute Gasteiger partial charge is 0.697 e. The van der Waals surface area contributed by atoms with E-state index in [1.54, 1.807) is 32.0 Å². The van der Waals surface area contributed by atoms with Crippen molar-refractivity contribution in [3.05, 3.63) is 30.3 Å². The maximum atomic E-state index is 11.9. The minimum absolute atomic E-state index is 0.0301. The predicted molar refractivity (Wildman–Crippen MR) is 70.5 cm³/mol. The molecule has 0 aliphatic rings. The Labute approximate surface area is 113 Å². The molecule has 0 aromatic heterocycles. The van der Waals surface area contributed by atoms with Crippen LogP contribution in [0.5, 0.6) is 0 Å². The number of hydrogen-bond acceptors (Lipinski definition) is 5. The molecule has 0 unspecified atom stereocenters. The first-order valence-corrected chi connectivity index (χ1v) is 8.29. The van der Waals surface area contributed by atoms with E-state index in [1.807, 2.05) is 0 Å². The lowest BCUT2D eigenvalue weighted by Crippen LogP contribution is -2.01.